The summed E-state index contributed by atoms with van der Waals surface area (Å²) in [5, 5.41) is 9.09. The quantitative estimate of drug-likeness (QED) is 0.617. The lowest BCUT2D eigenvalue weighted by atomic mass is 9.59. The largest absolute Gasteiger partial charge is 0.193 e. The zero-order valence-electron chi connectivity index (χ0n) is 11.3. The van der Waals surface area contributed by atoms with Crippen molar-refractivity contribution in [3.05, 3.63) is 41.5 Å². The molecule has 0 saturated heterocycles. The maximum atomic E-state index is 9.09. The number of fused-ring (bicyclic) bond motifs is 3. The molecule has 0 heterocycles. The van der Waals surface area contributed by atoms with E-state index in [-0.39, 0.29) is 0 Å². The van der Waals surface area contributed by atoms with Crippen LogP contribution in [0.15, 0.2) is 30.3 Å². The monoisotopic (exact) mass is 249 g/mol. The van der Waals surface area contributed by atoms with E-state index >= 15 is 0 Å². The van der Waals surface area contributed by atoms with Gasteiger partial charge in [-0.2, -0.15) is 5.26 Å². The first-order chi connectivity index (χ1) is 9.31. The number of benzene rings is 1. The summed E-state index contributed by atoms with van der Waals surface area (Å²) in [6.07, 6.45) is 11.2. The second-order valence-corrected chi connectivity index (χ2v) is 6.59. The normalized spacial score (nSPS) is 27.4. The molecule has 4 rings (SSSR count). The van der Waals surface area contributed by atoms with E-state index in [9.17, 15) is 0 Å². The number of allylic oxidation sites excluding steroid dienone is 2. The van der Waals surface area contributed by atoms with Crippen LogP contribution in [-0.2, 0) is 5.41 Å². The molecule has 2 saturated carbocycles. The Morgan fingerprint density at radius 1 is 1.05 bits per heavy atom. The molecule has 0 radical (unpaired) electrons. The molecule has 0 unspecified atom stereocenters. The predicted molar refractivity (Wildman–Crippen MR) is 76.5 cm³/mol. The van der Waals surface area contributed by atoms with Crippen molar-refractivity contribution in [2.24, 2.45) is 5.41 Å². The van der Waals surface area contributed by atoms with Crippen LogP contribution in [0.1, 0.15) is 56.1 Å². The first kappa shape index (κ1) is 11.3. The van der Waals surface area contributed by atoms with Crippen LogP contribution in [0.25, 0.3) is 5.57 Å². The van der Waals surface area contributed by atoms with Gasteiger partial charge in [-0.3, -0.25) is 0 Å². The van der Waals surface area contributed by atoms with Gasteiger partial charge in [0.15, 0.2) is 0 Å². The van der Waals surface area contributed by atoms with Crippen molar-refractivity contribution >= 4 is 5.57 Å². The third kappa shape index (κ3) is 1.35. The summed E-state index contributed by atoms with van der Waals surface area (Å²) in [5.41, 5.74) is 5.14. The molecule has 1 aromatic carbocycles. The smallest absolute Gasteiger partial charge is 0.0915 e. The molecule has 0 aromatic heterocycles. The van der Waals surface area contributed by atoms with Crippen molar-refractivity contribution in [1.29, 1.82) is 5.26 Å². The molecule has 1 nitrogen and oxygen atoms in total. The molecule has 0 amide bonds. The molecule has 3 aliphatic rings. The molecule has 0 bridgehead atoms. The number of hydrogen-bond donors (Lipinski definition) is 0. The average Bonchev–Trinajstić information content (AvgIpc) is 3.12. The molecule has 2 spiro atoms. The van der Waals surface area contributed by atoms with Crippen molar-refractivity contribution < 1.29 is 0 Å². The second-order valence-electron chi connectivity index (χ2n) is 6.59. The molecule has 1 heteroatoms. The molecule has 2 fully saturated rings. The Hall–Kier alpha value is -1.55. The Labute approximate surface area is 114 Å². The van der Waals surface area contributed by atoms with Gasteiger partial charge in [0.1, 0.15) is 0 Å². The van der Waals surface area contributed by atoms with Gasteiger partial charge >= 0.3 is 0 Å². The molecule has 0 atom stereocenters. The molecule has 1 aromatic rings. The van der Waals surface area contributed by atoms with Gasteiger partial charge in [-0.1, -0.05) is 37.1 Å². The Morgan fingerprint density at radius 3 is 2.47 bits per heavy atom. The maximum Gasteiger partial charge on any atom is 0.0915 e. The fourth-order valence-electron chi connectivity index (χ4n) is 4.93. The topological polar surface area (TPSA) is 23.8 Å². The molecular formula is C18H19N. The first-order valence-corrected chi connectivity index (χ1v) is 7.50. The molecule has 19 heavy (non-hydrogen) atoms. The van der Waals surface area contributed by atoms with Crippen LogP contribution in [0.5, 0.6) is 0 Å². The van der Waals surface area contributed by atoms with Gasteiger partial charge < -0.3 is 0 Å². The van der Waals surface area contributed by atoms with E-state index in [2.05, 4.69) is 30.3 Å². The van der Waals surface area contributed by atoms with Crippen LogP contribution in [0, 0.1) is 16.7 Å². The van der Waals surface area contributed by atoms with E-state index in [1.165, 1.54) is 49.7 Å². The van der Waals surface area contributed by atoms with Gasteiger partial charge in [0.25, 0.3) is 0 Å². The highest BCUT2D eigenvalue weighted by Gasteiger charge is 2.62. The summed E-state index contributed by atoms with van der Waals surface area (Å²) in [6.45, 7) is 0. The summed E-state index contributed by atoms with van der Waals surface area (Å²) >= 11 is 0. The number of rotatable bonds is 0. The lowest BCUT2D eigenvalue weighted by Crippen LogP contribution is -2.37. The minimum absolute atomic E-state index is 0.465. The first-order valence-electron chi connectivity index (χ1n) is 7.50. The Bertz CT molecular complexity index is 592. The van der Waals surface area contributed by atoms with E-state index in [4.69, 9.17) is 5.26 Å². The van der Waals surface area contributed by atoms with Crippen molar-refractivity contribution in [2.75, 3.05) is 0 Å². The van der Waals surface area contributed by atoms with Crippen molar-refractivity contribution in [3.8, 4) is 6.07 Å². The predicted octanol–water partition coefficient (Wildman–Crippen LogP) is 4.59. The third-order valence-corrected chi connectivity index (χ3v) is 5.88. The maximum absolute atomic E-state index is 9.09. The molecule has 0 N–H and O–H groups in total. The van der Waals surface area contributed by atoms with E-state index in [0.717, 1.165) is 6.42 Å². The van der Waals surface area contributed by atoms with E-state index < -0.39 is 0 Å². The fraction of sp³-hybridized carbons (Fsp3) is 0.500. The van der Waals surface area contributed by atoms with Crippen LogP contribution < -0.4 is 0 Å². The number of hydrogen-bond acceptors (Lipinski definition) is 1. The summed E-state index contributed by atoms with van der Waals surface area (Å²) in [6, 6.07) is 11.1. The van der Waals surface area contributed by atoms with Crippen molar-refractivity contribution in [1.82, 2.24) is 0 Å². The number of nitriles is 1. The number of nitrogens with zero attached hydrogens (tertiary/aromatic N) is 1. The second kappa shape index (κ2) is 3.73. The van der Waals surface area contributed by atoms with E-state index in [1.54, 1.807) is 11.6 Å². The van der Waals surface area contributed by atoms with Gasteiger partial charge in [0.2, 0.25) is 0 Å². The highest BCUT2D eigenvalue weighted by Crippen LogP contribution is 2.71. The zero-order chi connectivity index (χ0) is 12.9. The van der Waals surface area contributed by atoms with Crippen LogP contribution in [0.2, 0.25) is 0 Å². The molecule has 3 aliphatic carbocycles. The van der Waals surface area contributed by atoms with Gasteiger partial charge in [0.05, 0.1) is 6.07 Å². The third-order valence-electron chi connectivity index (χ3n) is 5.88. The summed E-state index contributed by atoms with van der Waals surface area (Å²) in [7, 11) is 0. The minimum Gasteiger partial charge on any atom is -0.193 e. The Kier molecular flexibility index (Phi) is 2.22. The SMILES string of the molecule is N#C/C=C1\CC2(CCCC2)C2(CC2)c2ccccc21. The van der Waals surface area contributed by atoms with Crippen LogP contribution in [-0.4, -0.2) is 0 Å². The fourth-order valence-corrected chi connectivity index (χ4v) is 4.93. The zero-order valence-corrected chi connectivity index (χ0v) is 11.3. The van der Waals surface area contributed by atoms with Gasteiger partial charge in [-0.05, 0) is 54.2 Å². The lowest BCUT2D eigenvalue weighted by Gasteiger charge is -2.45. The van der Waals surface area contributed by atoms with E-state index in [0.29, 0.717) is 10.8 Å². The highest BCUT2D eigenvalue weighted by atomic mass is 14.7. The van der Waals surface area contributed by atoms with Crippen LogP contribution in [0.4, 0.5) is 0 Å². The highest BCUT2D eigenvalue weighted by molar-refractivity contribution is 5.75. The Morgan fingerprint density at radius 2 is 1.79 bits per heavy atom. The minimum atomic E-state index is 0.465. The van der Waals surface area contributed by atoms with E-state index in [1.807, 2.05) is 0 Å². The standard InChI is InChI=1S/C18H19N/c19-12-7-14-13-17(8-3-4-9-17)18(10-11-18)16-6-2-1-5-15(14)16/h1-2,5-7H,3-4,8-11,13H2/b14-7+. The van der Waals surface area contributed by atoms with Crippen LogP contribution in [0.3, 0.4) is 0 Å². The molecule has 0 aliphatic heterocycles. The summed E-state index contributed by atoms with van der Waals surface area (Å²) in [4.78, 5) is 0. The average molecular weight is 249 g/mol. The summed E-state index contributed by atoms with van der Waals surface area (Å²) in [5.74, 6) is 0. The van der Waals surface area contributed by atoms with Crippen molar-refractivity contribution in [2.45, 2.75) is 50.4 Å². The lowest BCUT2D eigenvalue weighted by molar-refractivity contribution is 0.208. The molecule has 96 valence electrons. The van der Waals surface area contributed by atoms with Crippen molar-refractivity contribution in [3.63, 3.8) is 0 Å². The van der Waals surface area contributed by atoms with Gasteiger partial charge in [-0.15, -0.1) is 0 Å². The Balaban J connectivity index is 1.94. The van der Waals surface area contributed by atoms with Gasteiger partial charge in [0, 0.05) is 11.5 Å². The molecular weight excluding hydrogens is 230 g/mol. The van der Waals surface area contributed by atoms with Crippen LogP contribution >= 0.6 is 0 Å². The summed E-state index contributed by atoms with van der Waals surface area (Å²) < 4.78 is 0. The van der Waals surface area contributed by atoms with Gasteiger partial charge in [-0.25, -0.2) is 0 Å².